The van der Waals surface area contributed by atoms with Crippen molar-refractivity contribution >= 4 is 17.2 Å². The van der Waals surface area contributed by atoms with Gasteiger partial charge in [0.25, 0.3) is 0 Å². The Morgan fingerprint density at radius 1 is 1.14 bits per heavy atom. The molecule has 2 aromatic carbocycles. The summed E-state index contributed by atoms with van der Waals surface area (Å²) >= 11 is 0. The largest absolute Gasteiger partial charge is 0.497 e. The monoisotopic (exact) mass is 293 g/mol. The number of aryl methyl sites for hydroxylation is 2. The average Bonchev–Trinajstić information content (AvgIpc) is 2.88. The number of carbonyl (C=O) groups is 1. The van der Waals surface area contributed by atoms with E-state index in [-0.39, 0.29) is 0 Å². The fraction of sp³-hybridized carbons (Fsp3) is 0.211. The topological polar surface area (TPSA) is 31.2 Å². The van der Waals surface area contributed by atoms with Crippen molar-refractivity contribution in [2.45, 2.75) is 20.4 Å². The van der Waals surface area contributed by atoms with Gasteiger partial charge in [0.15, 0.2) is 6.29 Å². The van der Waals surface area contributed by atoms with Gasteiger partial charge in [-0.05, 0) is 43.2 Å². The van der Waals surface area contributed by atoms with Crippen LogP contribution in [0.4, 0.5) is 0 Å². The van der Waals surface area contributed by atoms with Crippen molar-refractivity contribution in [1.29, 1.82) is 0 Å². The van der Waals surface area contributed by atoms with Crippen LogP contribution in [-0.4, -0.2) is 18.0 Å². The lowest BCUT2D eigenvalue weighted by Gasteiger charge is -2.10. The molecule has 1 aromatic heterocycles. The molecule has 0 bridgehead atoms. The lowest BCUT2D eigenvalue weighted by molar-refractivity contribution is 0.112. The molecule has 0 amide bonds. The molecule has 3 aromatic rings. The first-order chi connectivity index (χ1) is 10.6. The Labute approximate surface area is 130 Å². The van der Waals surface area contributed by atoms with E-state index in [0.29, 0.717) is 5.56 Å². The third-order valence-corrected chi connectivity index (χ3v) is 4.09. The van der Waals surface area contributed by atoms with Crippen molar-refractivity contribution in [3.63, 3.8) is 0 Å². The molecular formula is C19H19NO2. The molecule has 0 N–H and O–H groups in total. The highest BCUT2D eigenvalue weighted by atomic mass is 16.5. The molecule has 0 saturated heterocycles. The molecule has 0 aliphatic carbocycles. The Morgan fingerprint density at radius 2 is 1.95 bits per heavy atom. The number of nitrogens with zero attached hydrogens (tertiary/aromatic N) is 1. The minimum absolute atomic E-state index is 0.694. The first-order valence-corrected chi connectivity index (χ1v) is 7.30. The minimum atomic E-state index is 0.694. The zero-order valence-corrected chi connectivity index (χ0v) is 13.1. The van der Waals surface area contributed by atoms with Gasteiger partial charge in [-0.25, -0.2) is 0 Å². The van der Waals surface area contributed by atoms with Gasteiger partial charge in [-0.3, -0.25) is 4.79 Å². The molecule has 0 spiro atoms. The molecule has 0 aliphatic rings. The molecule has 0 radical (unpaired) electrons. The molecule has 22 heavy (non-hydrogen) atoms. The van der Waals surface area contributed by atoms with Crippen LogP contribution in [0.1, 0.15) is 27.0 Å². The van der Waals surface area contributed by atoms with E-state index in [0.717, 1.165) is 29.5 Å². The van der Waals surface area contributed by atoms with Gasteiger partial charge in [-0.2, -0.15) is 0 Å². The van der Waals surface area contributed by atoms with E-state index in [9.17, 15) is 4.79 Å². The Balaban J connectivity index is 2.11. The van der Waals surface area contributed by atoms with Crippen molar-refractivity contribution in [1.82, 2.24) is 4.57 Å². The molecule has 0 fully saturated rings. The molecule has 112 valence electrons. The summed E-state index contributed by atoms with van der Waals surface area (Å²) in [6, 6.07) is 12.3. The first kappa shape index (κ1) is 14.4. The zero-order chi connectivity index (χ0) is 15.7. The highest BCUT2D eigenvalue weighted by Crippen LogP contribution is 2.26. The summed E-state index contributed by atoms with van der Waals surface area (Å²) in [5.74, 6) is 0.764. The Kier molecular flexibility index (Phi) is 3.72. The maximum absolute atomic E-state index is 11.4. The molecule has 0 aliphatic heterocycles. The fourth-order valence-corrected chi connectivity index (χ4v) is 2.81. The van der Waals surface area contributed by atoms with Gasteiger partial charge in [-0.1, -0.05) is 23.8 Å². The van der Waals surface area contributed by atoms with E-state index in [1.54, 1.807) is 7.11 Å². The quantitative estimate of drug-likeness (QED) is 0.677. The van der Waals surface area contributed by atoms with Crippen molar-refractivity contribution in [2.24, 2.45) is 0 Å². The maximum atomic E-state index is 11.4. The summed E-state index contributed by atoms with van der Waals surface area (Å²) in [5, 5.41) is 0.930. The summed E-state index contributed by atoms with van der Waals surface area (Å²) in [6.45, 7) is 4.97. The molecule has 3 rings (SSSR count). The number of benzene rings is 2. The van der Waals surface area contributed by atoms with Crippen LogP contribution < -0.4 is 4.74 Å². The minimum Gasteiger partial charge on any atom is -0.497 e. The Hall–Kier alpha value is -2.55. The summed E-state index contributed by atoms with van der Waals surface area (Å²) in [5.41, 5.74) is 5.51. The molecule has 3 heteroatoms. The van der Waals surface area contributed by atoms with Crippen LogP contribution in [0.2, 0.25) is 0 Å². The number of carbonyl (C=O) groups excluding carboxylic acids is 1. The van der Waals surface area contributed by atoms with Gasteiger partial charge in [0.2, 0.25) is 0 Å². The molecule has 0 saturated carbocycles. The van der Waals surface area contributed by atoms with Crippen LogP contribution >= 0.6 is 0 Å². The Bertz CT molecular complexity index is 846. The zero-order valence-electron chi connectivity index (χ0n) is 13.1. The number of rotatable bonds is 4. The normalized spacial score (nSPS) is 10.9. The average molecular weight is 293 g/mol. The smallest absolute Gasteiger partial charge is 0.152 e. The molecular weight excluding hydrogens is 274 g/mol. The lowest BCUT2D eigenvalue weighted by atomic mass is 10.1. The standard InChI is InChI=1S/C19H19NO2/c1-13-4-5-14(2)15(8-13)10-20-11-16(12-21)18-9-17(22-3)6-7-19(18)20/h4-9,11-12H,10H2,1-3H3. The van der Waals surface area contributed by atoms with Crippen molar-refractivity contribution < 1.29 is 9.53 Å². The molecule has 0 atom stereocenters. The van der Waals surface area contributed by atoms with E-state index < -0.39 is 0 Å². The van der Waals surface area contributed by atoms with Crippen LogP contribution in [-0.2, 0) is 6.54 Å². The number of hydrogen-bond acceptors (Lipinski definition) is 2. The highest BCUT2D eigenvalue weighted by molar-refractivity contribution is 5.98. The van der Waals surface area contributed by atoms with Crippen LogP contribution in [0, 0.1) is 13.8 Å². The van der Waals surface area contributed by atoms with Gasteiger partial charge >= 0.3 is 0 Å². The van der Waals surface area contributed by atoms with Crippen molar-refractivity contribution in [2.75, 3.05) is 7.11 Å². The third-order valence-electron chi connectivity index (χ3n) is 4.09. The van der Waals surface area contributed by atoms with Crippen LogP contribution in [0.15, 0.2) is 42.6 Å². The summed E-state index contributed by atoms with van der Waals surface area (Å²) in [7, 11) is 1.63. The van der Waals surface area contributed by atoms with Gasteiger partial charge in [-0.15, -0.1) is 0 Å². The second-order valence-electron chi connectivity index (χ2n) is 5.64. The van der Waals surface area contributed by atoms with Crippen LogP contribution in [0.3, 0.4) is 0 Å². The second-order valence-corrected chi connectivity index (χ2v) is 5.64. The molecule has 3 nitrogen and oxygen atoms in total. The van der Waals surface area contributed by atoms with E-state index in [1.807, 2.05) is 24.4 Å². The Morgan fingerprint density at radius 3 is 2.68 bits per heavy atom. The number of methoxy groups -OCH3 is 1. The summed E-state index contributed by atoms with van der Waals surface area (Å²) in [4.78, 5) is 11.4. The lowest BCUT2D eigenvalue weighted by Crippen LogP contribution is -2.00. The maximum Gasteiger partial charge on any atom is 0.152 e. The van der Waals surface area contributed by atoms with E-state index >= 15 is 0 Å². The van der Waals surface area contributed by atoms with Crippen LogP contribution in [0.5, 0.6) is 5.75 Å². The third kappa shape index (κ3) is 2.50. The van der Waals surface area contributed by atoms with Crippen molar-refractivity contribution in [3.8, 4) is 5.75 Å². The van der Waals surface area contributed by atoms with E-state index in [2.05, 4.69) is 36.6 Å². The molecule has 0 unspecified atom stereocenters. The predicted molar refractivity (Wildman–Crippen MR) is 88.9 cm³/mol. The van der Waals surface area contributed by atoms with Gasteiger partial charge < -0.3 is 9.30 Å². The van der Waals surface area contributed by atoms with Gasteiger partial charge in [0.05, 0.1) is 7.11 Å². The highest BCUT2D eigenvalue weighted by Gasteiger charge is 2.10. The number of fused-ring (bicyclic) bond motifs is 1. The number of aromatic nitrogens is 1. The second kappa shape index (κ2) is 5.68. The summed E-state index contributed by atoms with van der Waals surface area (Å²) < 4.78 is 7.38. The summed E-state index contributed by atoms with van der Waals surface area (Å²) in [6.07, 6.45) is 2.82. The van der Waals surface area contributed by atoms with Crippen molar-refractivity contribution in [3.05, 3.63) is 64.8 Å². The van der Waals surface area contributed by atoms with Gasteiger partial charge in [0, 0.05) is 29.2 Å². The van der Waals surface area contributed by atoms with E-state index in [4.69, 9.17) is 4.74 Å². The van der Waals surface area contributed by atoms with E-state index in [1.165, 1.54) is 16.7 Å². The number of hydrogen-bond donors (Lipinski definition) is 0. The van der Waals surface area contributed by atoms with Gasteiger partial charge in [0.1, 0.15) is 5.75 Å². The first-order valence-electron chi connectivity index (χ1n) is 7.30. The number of aldehydes is 1. The number of ether oxygens (including phenoxy) is 1. The predicted octanol–water partition coefficient (Wildman–Crippen LogP) is 4.13. The SMILES string of the molecule is COc1ccc2c(c1)c(C=O)cn2Cc1cc(C)ccc1C. The fourth-order valence-electron chi connectivity index (χ4n) is 2.81. The van der Waals surface area contributed by atoms with Crippen LogP contribution in [0.25, 0.3) is 10.9 Å². The molecule has 1 heterocycles.